The second kappa shape index (κ2) is 7.89. The predicted octanol–water partition coefficient (Wildman–Crippen LogP) is 4.76. The maximum absolute atomic E-state index is 14.0. The Hall–Kier alpha value is -2.48. The zero-order valence-electron chi connectivity index (χ0n) is 14.9. The molecule has 0 aliphatic rings. The van der Waals surface area contributed by atoms with Gasteiger partial charge in [0.05, 0.1) is 10.6 Å². The van der Waals surface area contributed by atoms with E-state index >= 15 is 0 Å². The predicted molar refractivity (Wildman–Crippen MR) is 89.5 cm³/mol. The van der Waals surface area contributed by atoms with Crippen LogP contribution >= 0.6 is 0 Å². The Morgan fingerprint density at radius 1 is 0.774 bits per heavy atom. The molecule has 0 amide bonds. The van der Waals surface area contributed by atoms with Crippen molar-refractivity contribution in [3.63, 3.8) is 0 Å². The molecule has 0 aromatic heterocycles. The van der Waals surface area contributed by atoms with E-state index in [1.165, 1.54) is 18.2 Å². The van der Waals surface area contributed by atoms with Crippen molar-refractivity contribution in [1.29, 1.82) is 0 Å². The lowest BCUT2D eigenvalue weighted by molar-refractivity contribution is -0.379. The summed E-state index contributed by atoms with van der Waals surface area (Å²) in [7, 11) is -4.86. The van der Waals surface area contributed by atoms with Gasteiger partial charge in [-0.25, -0.2) is 8.42 Å². The van der Waals surface area contributed by atoms with E-state index in [1.807, 2.05) is 0 Å². The molecular weight excluding hydrogens is 469 g/mol. The molecule has 172 valence electrons. The van der Waals surface area contributed by atoms with Crippen molar-refractivity contribution in [2.45, 2.75) is 29.0 Å². The number of anilines is 1. The molecule has 0 heterocycles. The highest BCUT2D eigenvalue weighted by molar-refractivity contribution is 7.92. The third kappa shape index (κ3) is 4.89. The van der Waals surface area contributed by atoms with E-state index in [4.69, 9.17) is 5.11 Å². The molecule has 0 aliphatic carbocycles. The topological polar surface area (TPSA) is 57.6 Å². The van der Waals surface area contributed by atoms with Gasteiger partial charge < -0.3 is 5.11 Å². The van der Waals surface area contributed by atoms with Crippen molar-refractivity contribution >= 4 is 15.7 Å². The molecular formula is C17H12F9NO3S. The molecule has 1 unspecified atom stereocenters. The first-order valence-electron chi connectivity index (χ1n) is 8.02. The van der Waals surface area contributed by atoms with E-state index < -0.39 is 56.8 Å². The van der Waals surface area contributed by atoms with Crippen LogP contribution in [-0.2, 0) is 15.9 Å². The first-order chi connectivity index (χ1) is 13.9. The van der Waals surface area contributed by atoms with Gasteiger partial charge in [0.15, 0.2) is 0 Å². The van der Waals surface area contributed by atoms with E-state index in [2.05, 4.69) is 0 Å². The van der Waals surface area contributed by atoms with Gasteiger partial charge in [-0.1, -0.05) is 30.3 Å². The van der Waals surface area contributed by atoms with E-state index in [9.17, 15) is 47.9 Å². The van der Waals surface area contributed by atoms with Gasteiger partial charge in [0, 0.05) is 5.56 Å². The number of halogens is 9. The van der Waals surface area contributed by atoms with Crippen molar-refractivity contribution in [3.8, 4) is 0 Å². The maximum Gasteiger partial charge on any atom is 0.459 e. The molecule has 2 aromatic rings. The molecule has 0 aliphatic heterocycles. The normalized spacial score (nSPS) is 15.4. The van der Waals surface area contributed by atoms with Gasteiger partial charge in [0.25, 0.3) is 10.0 Å². The summed E-state index contributed by atoms with van der Waals surface area (Å²) in [6.07, 6.45) is -11.6. The molecule has 0 spiro atoms. The van der Waals surface area contributed by atoms with E-state index in [0.717, 1.165) is 12.1 Å². The Morgan fingerprint density at radius 2 is 1.26 bits per heavy atom. The molecule has 0 bridgehead atoms. The molecule has 2 rings (SSSR count). The highest BCUT2D eigenvalue weighted by atomic mass is 32.2. The van der Waals surface area contributed by atoms with Crippen LogP contribution in [0.15, 0.2) is 59.5 Å². The first kappa shape index (κ1) is 24.8. The summed E-state index contributed by atoms with van der Waals surface area (Å²) >= 11 is 0. The number of sulfonamides is 1. The first-order valence-corrected chi connectivity index (χ1v) is 9.46. The Kier molecular flexibility index (Phi) is 6.31. The van der Waals surface area contributed by atoms with E-state index in [0.29, 0.717) is 12.1 Å². The number of aliphatic hydroxyl groups is 1. The van der Waals surface area contributed by atoms with Crippen molar-refractivity contribution < 1.29 is 53.0 Å². The van der Waals surface area contributed by atoms with Crippen molar-refractivity contribution in [2.75, 3.05) is 10.8 Å². The van der Waals surface area contributed by atoms with Crippen LogP contribution in [0.2, 0.25) is 0 Å². The van der Waals surface area contributed by atoms with Gasteiger partial charge in [0.1, 0.15) is 6.54 Å². The average molecular weight is 481 g/mol. The summed E-state index contributed by atoms with van der Waals surface area (Å²) in [5, 5.41) is 9.15. The quantitative estimate of drug-likeness (QED) is 0.606. The Bertz CT molecular complexity index is 1000. The minimum atomic E-state index is -6.49. The largest absolute Gasteiger partial charge is 0.459 e. The fourth-order valence-corrected chi connectivity index (χ4v) is 3.89. The minimum absolute atomic E-state index is 0.124. The summed E-state index contributed by atoms with van der Waals surface area (Å²) in [5.41, 5.74) is -2.47. The third-order valence-electron chi connectivity index (χ3n) is 3.96. The van der Waals surface area contributed by atoms with Crippen LogP contribution < -0.4 is 4.31 Å². The van der Waals surface area contributed by atoms with Crippen LogP contribution in [0, 0.1) is 0 Å². The fraction of sp³-hybridized carbons (Fsp3) is 0.294. The molecule has 14 heteroatoms. The lowest BCUT2D eigenvalue weighted by atomic mass is 10.00. The van der Waals surface area contributed by atoms with Gasteiger partial charge in [-0.3, -0.25) is 4.31 Å². The van der Waals surface area contributed by atoms with Crippen molar-refractivity contribution in [3.05, 3.63) is 60.2 Å². The lowest BCUT2D eigenvalue weighted by Crippen LogP contribution is -2.52. The average Bonchev–Trinajstić information content (AvgIpc) is 2.65. The SMILES string of the molecule is O=S(=O)(c1ccccc1)N(CC(F)(F)F)c1ccc(C(O)(F)C(F)(F)C(F)(F)F)cc1. The molecule has 31 heavy (non-hydrogen) atoms. The standard InChI is InChI=1S/C17H12F9NO3S/c18-14(19,20)10-27(31(29,30)13-4-2-1-3-5-13)12-8-6-11(7-9-12)15(21,28)16(22,23)17(24,25)26/h1-9,28H,10H2. The third-order valence-corrected chi connectivity index (χ3v) is 5.75. The van der Waals surface area contributed by atoms with Gasteiger partial charge in [0.2, 0.25) is 0 Å². The highest BCUT2D eigenvalue weighted by Crippen LogP contribution is 2.49. The number of rotatable bonds is 6. The van der Waals surface area contributed by atoms with Crippen molar-refractivity contribution in [1.82, 2.24) is 0 Å². The number of hydrogen-bond acceptors (Lipinski definition) is 3. The summed E-state index contributed by atoms with van der Waals surface area (Å²) in [6, 6.07) is 6.71. The highest BCUT2D eigenvalue weighted by Gasteiger charge is 2.72. The number of alkyl halides is 9. The summed E-state index contributed by atoms with van der Waals surface area (Å²) in [5.74, 6) is -11.5. The van der Waals surface area contributed by atoms with Gasteiger partial charge >= 0.3 is 24.1 Å². The van der Waals surface area contributed by atoms with Crippen molar-refractivity contribution in [2.24, 2.45) is 0 Å². The van der Waals surface area contributed by atoms with E-state index in [-0.39, 0.29) is 16.4 Å². The van der Waals surface area contributed by atoms with E-state index in [1.54, 1.807) is 0 Å². The van der Waals surface area contributed by atoms with Gasteiger partial charge in [-0.05, 0) is 24.3 Å². The fourth-order valence-electron chi connectivity index (χ4n) is 2.42. The van der Waals surface area contributed by atoms with Crippen LogP contribution in [0.1, 0.15) is 5.56 Å². The summed E-state index contributed by atoms with van der Waals surface area (Å²) in [6.45, 7) is -2.08. The van der Waals surface area contributed by atoms with Crippen LogP contribution in [0.4, 0.5) is 45.2 Å². The van der Waals surface area contributed by atoms with Gasteiger partial charge in [-0.15, -0.1) is 0 Å². The van der Waals surface area contributed by atoms with Crippen LogP contribution in [0.3, 0.4) is 0 Å². The Labute approximate surface area is 169 Å². The maximum atomic E-state index is 14.0. The molecule has 1 N–H and O–H groups in total. The molecule has 4 nitrogen and oxygen atoms in total. The molecule has 0 radical (unpaired) electrons. The number of hydrogen-bond donors (Lipinski definition) is 1. The number of benzene rings is 2. The minimum Gasteiger partial charge on any atom is -0.353 e. The zero-order chi connectivity index (χ0) is 23.9. The zero-order valence-corrected chi connectivity index (χ0v) is 15.7. The second-order valence-electron chi connectivity index (χ2n) is 6.18. The second-order valence-corrected chi connectivity index (χ2v) is 8.04. The molecule has 0 saturated carbocycles. The number of nitrogens with zero attached hydrogens (tertiary/aromatic N) is 1. The van der Waals surface area contributed by atoms with Crippen LogP contribution in [-0.4, -0.2) is 38.3 Å². The summed E-state index contributed by atoms with van der Waals surface area (Å²) < 4.78 is 142. The lowest BCUT2D eigenvalue weighted by Gasteiger charge is -2.31. The van der Waals surface area contributed by atoms with Crippen LogP contribution in [0.25, 0.3) is 0 Å². The summed E-state index contributed by atoms with van der Waals surface area (Å²) in [4.78, 5) is -0.575. The van der Waals surface area contributed by atoms with Gasteiger partial charge in [-0.2, -0.15) is 39.5 Å². The smallest absolute Gasteiger partial charge is 0.353 e. The molecule has 1 atom stereocenters. The molecule has 0 fully saturated rings. The van der Waals surface area contributed by atoms with Crippen LogP contribution in [0.5, 0.6) is 0 Å². The molecule has 0 saturated heterocycles. The Morgan fingerprint density at radius 3 is 1.68 bits per heavy atom. The monoisotopic (exact) mass is 481 g/mol. The molecule has 2 aromatic carbocycles. The Balaban J connectivity index is 2.53.